The smallest absolute Gasteiger partial charge is 0.243 e. The Balaban J connectivity index is 1.61. The predicted molar refractivity (Wildman–Crippen MR) is 145 cm³/mol. The largest absolute Gasteiger partial charge is 0.378 e. The molecule has 190 valence electrons. The Hall–Kier alpha value is -2.18. The van der Waals surface area contributed by atoms with Crippen LogP contribution >= 0.6 is 11.6 Å². The number of nitrogens with zero attached hydrogens (tertiary/aromatic N) is 1. The van der Waals surface area contributed by atoms with Crippen LogP contribution in [-0.2, 0) is 14.8 Å². The number of hydrogen-bond donors (Lipinski definition) is 0. The Morgan fingerprint density at radius 1 is 0.917 bits per heavy atom. The maximum absolute atomic E-state index is 14.4. The molecule has 5 rings (SSSR count). The first-order valence-electron chi connectivity index (χ1n) is 12.9. The Kier molecular flexibility index (Phi) is 7.55. The van der Waals surface area contributed by atoms with Crippen molar-refractivity contribution in [2.45, 2.75) is 68.5 Å². The van der Waals surface area contributed by atoms with Gasteiger partial charge in [0, 0.05) is 23.6 Å². The average molecular weight is 524 g/mol. The highest BCUT2D eigenvalue weighted by molar-refractivity contribution is 7.89. The van der Waals surface area contributed by atoms with Gasteiger partial charge in [-0.15, -0.1) is 0 Å². The quantitative estimate of drug-likeness (QED) is 0.345. The van der Waals surface area contributed by atoms with Gasteiger partial charge >= 0.3 is 0 Å². The van der Waals surface area contributed by atoms with E-state index in [4.69, 9.17) is 16.3 Å². The van der Waals surface area contributed by atoms with Crippen LogP contribution in [0.4, 0.5) is 0 Å². The van der Waals surface area contributed by atoms with Crippen LogP contribution in [0.15, 0.2) is 83.8 Å². The van der Waals surface area contributed by atoms with E-state index in [1.54, 1.807) is 12.1 Å². The van der Waals surface area contributed by atoms with Crippen molar-refractivity contribution in [1.29, 1.82) is 0 Å². The Morgan fingerprint density at radius 2 is 1.64 bits per heavy atom. The number of halogens is 1. The Labute approximate surface area is 220 Å². The lowest BCUT2D eigenvalue weighted by Crippen LogP contribution is -2.57. The van der Waals surface area contributed by atoms with E-state index in [9.17, 15) is 8.42 Å². The molecule has 2 aliphatic rings. The molecule has 5 atom stereocenters. The highest BCUT2D eigenvalue weighted by Crippen LogP contribution is 2.50. The van der Waals surface area contributed by atoms with Crippen molar-refractivity contribution < 1.29 is 13.2 Å². The predicted octanol–water partition coefficient (Wildman–Crippen LogP) is 7.14. The second-order valence-electron chi connectivity index (χ2n) is 10.1. The summed E-state index contributed by atoms with van der Waals surface area (Å²) < 4.78 is 36.9. The molecule has 1 saturated carbocycles. The molecular formula is C30H34ClNO3S. The fourth-order valence-corrected chi connectivity index (χ4v) is 8.30. The van der Waals surface area contributed by atoms with Gasteiger partial charge in [0.25, 0.3) is 0 Å². The molecule has 3 aromatic carbocycles. The summed E-state index contributed by atoms with van der Waals surface area (Å²) in [7, 11) is -3.75. The SMILES string of the molecule is CCO[C@H]1C[C@@H](c2ccccc2)N(S(=O)(=O)c2ccc(C)cc2)[C@H]2C[C@@H](c3cccc(Cl)c3)CC[C@@H]12. The monoisotopic (exact) mass is 523 g/mol. The standard InChI is InChI=1S/C30H34ClNO3S/c1-3-35-30-20-28(22-8-5-4-6-9-22)32(36(33,34)26-15-12-21(2)13-16-26)29-19-24(14-17-27(29)30)23-10-7-11-25(31)18-23/h4-13,15-16,18,24,27-30H,3,14,17,19-20H2,1-2H3/t24-,27+,28-,29-,30-/m0/s1. The first-order chi connectivity index (χ1) is 17.4. The molecule has 6 heteroatoms. The number of fused-ring (bicyclic) bond motifs is 1. The van der Waals surface area contributed by atoms with Gasteiger partial charge in [0.2, 0.25) is 10.0 Å². The van der Waals surface area contributed by atoms with E-state index >= 15 is 0 Å². The van der Waals surface area contributed by atoms with Crippen LogP contribution in [0.1, 0.15) is 61.3 Å². The van der Waals surface area contributed by atoms with Crippen molar-refractivity contribution in [3.63, 3.8) is 0 Å². The molecule has 1 aliphatic carbocycles. The summed E-state index contributed by atoms with van der Waals surface area (Å²) in [6, 6.07) is 24.9. The van der Waals surface area contributed by atoms with Crippen molar-refractivity contribution in [3.8, 4) is 0 Å². The molecule has 3 aromatic rings. The Bertz CT molecular complexity index is 1280. The van der Waals surface area contributed by atoms with Gasteiger partial charge in [-0.2, -0.15) is 4.31 Å². The number of benzene rings is 3. The first-order valence-corrected chi connectivity index (χ1v) is 14.7. The molecule has 1 saturated heterocycles. The Morgan fingerprint density at radius 3 is 2.33 bits per heavy atom. The van der Waals surface area contributed by atoms with E-state index in [2.05, 4.69) is 6.07 Å². The van der Waals surface area contributed by atoms with Gasteiger partial charge in [0.1, 0.15) is 0 Å². The van der Waals surface area contributed by atoms with Gasteiger partial charge in [-0.3, -0.25) is 0 Å². The fraction of sp³-hybridized carbons (Fsp3) is 0.400. The molecule has 0 bridgehead atoms. The summed E-state index contributed by atoms with van der Waals surface area (Å²) in [6.07, 6.45) is 3.36. The number of hydrogen-bond acceptors (Lipinski definition) is 3. The van der Waals surface area contributed by atoms with Gasteiger partial charge in [-0.25, -0.2) is 8.42 Å². The topological polar surface area (TPSA) is 46.6 Å². The van der Waals surface area contributed by atoms with Crippen LogP contribution in [0.2, 0.25) is 5.02 Å². The number of rotatable bonds is 6. The molecule has 1 heterocycles. The zero-order valence-electron chi connectivity index (χ0n) is 20.9. The molecule has 0 unspecified atom stereocenters. The molecule has 1 aliphatic heterocycles. The minimum atomic E-state index is -3.75. The molecule has 0 radical (unpaired) electrons. The van der Waals surface area contributed by atoms with Crippen molar-refractivity contribution >= 4 is 21.6 Å². The lowest BCUT2D eigenvalue weighted by atomic mass is 9.69. The maximum Gasteiger partial charge on any atom is 0.243 e. The van der Waals surface area contributed by atoms with Crippen molar-refractivity contribution in [3.05, 3.63) is 101 Å². The molecule has 0 N–H and O–H groups in total. The highest BCUT2D eigenvalue weighted by atomic mass is 35.5. The lowest BCUT2D eigenvalue weighted by molar-refractivity contribution is -0.0720. The second-order valence-corrected chi connectivity index (χ2v) is 12.4. The summed E-state index contributed by atoms with van der Waals surface area (Å²) in [4.78, 5) is 0.354. The molecule has 0 aromatic heterocycles. The highest BCUT2D eigenvalue weighted by Gasteiger charge is 2.51. The van der Waals surface area contributed by atoms with Crippen LogP contribution in [-0.4, -0.2) is 31.5 Å². The summed E-state index contributed by atoms with van der Waals surface area (Å²) in [5, 5.41) is 0.719. The molecular weight excluding hydrogens is 490 g/mol. The number of sulfonamides is 1. The van der Waals surface area contributed by atoms with Crippen LogP contribution in [0, 0.1) is 12.8 Å². The van der Waals surface area contributed by atoms with Gasteiger partial charge in [0.05, 0.1) is 17.0 Å². The first kappa shape index (κ1) is 25.5. The molecule has 2 fully saturated rings. The summed E-state index contributed by atoms with van der Waals surface area (Å²) in [5.74, 6) is 0.401. The zero-order chi connectivity index (χ0) is 25.3. The zero-order valence-corrected chi connectivity index (χ0v) is 22.5. The second kappa shape index (κ2) is 10.7. The van der Waals surface area contributed by atoms with E-state index in [1.165, 1.54) is 5.56 Å². The van der Waals surface area contributed by atoms with Crippen molar-refractivity contribution in [1.82, 2.24) is 4.31 Å². The van der Waals surface area contributed by atoms with Crippen LogP contribution in [0.3, 0.4) is 0 Å². The van der Waals surface area contributed by atoms with Crippen molar-refractivity contribution in [2.24, 2.45) is 5.92 Å². The molecule has 0 spiro atoms. The van der Waals surface area contributed by atoms with Crippen molar-refractivity contribution in [2.75, 3.05) is 6.61 Å². The minimum absolute atomic E-state index is 0.0231. The summed E-state index contributed by atoms with van der Waals surface area (Å²) in [6.45, 7) is 4.63. The van der Waals surface area contributed by atoms with Crippen LogP contribution in [0.5, 0.6) is 0 Å². The van der Waals surface area contributed by atoms with E-state index in [0.29, 0.717) is 17.9 Å². The average Bonchev–Trinajstić information content (AvgIpc) is 2.89. The fourth-order valence-electron chi connectivity index (χ4n) is 6.23. The third-order valence-corrected chi connectivity index (χ3v) is 10.1. The van der Waals surface area contributed by atoms with Crippen LogP contribution < -0.4 is 0 Å². The maximum atomic E-state index is 14.4. The molecule has 36 heavy (non-hydrogen) atoms. The van der Waals surface area contributed by atoms with E-state index in [-0.39, 0.29) is 30.0 Å². The lowest BCUT2D eigenvalue weighted by Gasteiger charge is -2.52. The third-order valence-electron chi connectivity index (χ3n) is 7.92. The summed E-state index contributed by atoms with van der Waals surface area (Å²) >= 11 is 6.34. The summed E-state index contributed by atoms with van der Waals surface area (Å²) in [5.41, 5.74) is 3.24. The molecule has 0 amide bonds. The van der Waals surface area contributed by atoms with E-state index in [1.807, 2.05) is 78.8 Å². The van der Waals surface area contributed by atoms with Gasteiger partial charge in [0.15, 0.2) is 0 Å². The molecule has 4 nitrogen and oxygen atoms in total. The van der Waals surface area contributed by atoms with Gasteiger partial charge in [-0.05, 0) is 80.8 Å². The van der Waals surface area contributed by atoms with E-state index in [0.717, 1.165) is 35.4 Å². The number of piperidine rings is 1. The van der Waals surface area contributed by atoms with Crippen LogP contribution in [0.25, 0.3) is 0 Å². The normalized spacial score (nSPS) is 26.9. The van der Waals surface area contributed by atoms with Gasteiger partial charge in [-0.1, -0.05) is 71.8 Å². The minimum Gasteiger partial charge on any atom is -0.378 e. The van der Waals surface area contributed by atoms with E-state index < -0.39 is 10.0 Å². The number of ether oxygens (including phenoxy) is 1. The third kappa shape index (κ3) is 4.99. The van der Waals surface area contributed by atoms with Gasteiger partial charge < -0.3 is 4.74 Å². The number of aryl methyl sites for hydroxylation is 1.